The molecule has 0 fully saturated rings. The highest BCUT2D eigenvalue weighted by Crippen LogP contribution is 2.45. The van der Waals surface area contributed by atoms with Gasteiger partial charge in [-0.15, -0.1) is 0 Å². The molecule has 0 radical (unpaired) electrons. The number of benzene rings is 2. The van der Waals surface area contributed by atoms with Crippen molar-refractivity contribution in [2.24, 2.45) is 0 Å². The fourth-order valence-corrected chi connectivity index (χ4v) is 4.10. The molecule has 1 heterocycles. The van der Waals surface area contributed by atoms with E-state index in [0.29, 0.717) is 16.9 Å². The van der Waals surface area contributed by atoms with E-state index >= 15 is 0 Å². The number of carbonyl (C=O) groups is 2. The first-order valence-corrected chi connectivity index (χ1v) is 10.3. The van der Waals surface area contributed by atoms with Gasteiger partial charge in [0.25, 0.3) is 0 Å². The van der Waals surface area contributed by atoms with E-state index in [1.807, 2.05) is 0 Å². The molecule has 0 N–H and O–H groups in total. The number of hydrogen-bond donors (Lipinski definition) is 0. The van der Waals surface area contributed by atoms with Crippen LogP contribution in [-0.2, 0) is 4.79 Å². The van der Waals surface area contributed by atoms with Crippen molar-refractivity contribution in [1.29, 1.82) is 0 Å². The lowest BCUT2D eigenvalue weighted by Gasteiger charge is -2.19. The topological polar surface area (TPSA) is 110 Å². The van der Waals surface area contributed by atoms with Gasteiger partial charge in [-0.1, -0.05) is 0 Å². The van der Waals surface area contributed by atoms with Crippen molar-refractivity contribution in [3.8, 4) is 40.1 Å². The average molecular weight is 470 g/mol. The third kappa shape index (κ3) is 3.83. The molecule has 1 aromatic heterocycles. The van der Waals surface area contributed by atoms with E-state index in [4.69, 9.17) is 28.1 Å². The van der Waals surface area contributed by atoms with Gasteiger partial charge in [0.05, 0.1) is 34.0 Å². The van der Waals surface area contributed by atoms with Gasteiger partial charge in [-0.2, -0.15) is 0 Å². The van der Waals surface area contributed by atoms with Crippen LogP contribution in [-0.4, -0.2) is 40.2 Å². The summed E-state index contributed by atoms with van der Waals surface area (Å²) in [5.74, 6) is -0.379. The fourth-order valence-electron chi connectivity index (χ4n) is 4.10. The highest BCUT2D eigenvalue weighted by atomic mass is 16.6. The van der Waals surface area contributed by atoms with E-state index in [1.165, 1.54) is 54.4 Å². The van der Waals surface area contributed by atoms with Crippen molar-refractivity contribution in [2.75, 3.05) is 28.4 Å². The van der Waals surface area contributed by atoms with Crippen molar-refractivity contribution in [1.82, 2.24) is 0 Å². The summed E-state index contributed by atoms with van der Waals surface area (Å²) in [5, 5.41) is 0.178. The van der Waals surface area contributed by atoms with Crippen LogP contribution in [0.4, 0.5) is 0 Å². The number of rotatable bonds is 7. The molecule has 0 amide bonds. The van der Waals surface area contributed by atoms with Gasteiger partial charge in [0.1, 0.15) is 22.5 Å². The molecule has 2 aromatic carbocycles. The van der Waals surface area contributed by atoms with E-state index in [2.05, 4.69) is 0 Å². The number of ketones is 1. The minimum atomic E-state index is -0.648. The maximum Gasteiger partial charge on any atom is 0.308 e. The summed E-state index contributed by atoms with van der Waals surface area (Å²) >= 11 is 0. The smallest absolute Gasteiger partial charge is 0.308 e. The molecule has 9 nitrogen and oxygen atoms in total. The molecule has 0 spiro atoms. The van der Waals surface area contributed by atoms with Crippen LogP contribution < -0.4 is 29.1 Å². The van der Waals surface area contributed by atoms with Crippen molar-refractivity contribution in [3.05, 3.63) is 39.0 Å². The molecule has 0 unspecified atom stereocenters. The van der Waals surface area contributed by atoms with Crippen molar-refractivity contribution < 1.29 is 37.7 Å². The van der Waals surface area contributed by atoms with Crippen LogP contribution in [0, 0.1) is 13.8 Å². The van der Waals surface area contributed by atoms with Crippen LogP contribution in [0.5, 0.6) is 28.7 Å². The molecule has 9 heteroatoms. The summed E-state index contributed by atoms with van der Waals surface area (Å²) < 4.78 is 33.3. The van der Waals surface area contributed by atoms with Crippen LogP contribution in [0.1, 0.15) is 35.3 Å². The molecular weight excluding hydrogens is 444 g/mol. The Morgan fingerprint density at radius 1 is 0.794 bits per heavy atom. The molecule has 0 atom stereocenters. The average Bonchev–Trinajstić information content (AvgIpc) is 2.79. The largest absolute Gasteiger partial charge is 0.496 e. The minimum Gasteiger partial charge on any atom is -0.496 e. The lowest BCUT2D eigenvalue weighted by Crippen LogP contribution is -2.13. The molecule has 180 valence electrons. The Hall–Kier alpha value is -4.01. The predicted molar refractivity (Wildman–Crippen MR) is 125 cm³/mol. The van der Waals surface area contributed by atoms with Crippen LogP contribution in [0.25, 0.3) is 22.3 Å². The number of ether oxygens (including phenoxy) is 5. The molecule has 34 heavy (non-hydrogen) atoms. The van der Waals surface area contributed by atoms with Crippen LogP contribution >= 0.6 is 0 Å². The maximum absolute atomic E-state index is 13.6. The Morgan fingerprint density at radius 3 is 1.91 bits per heavy atom. The van der Waals surface area contributed by atoms with Gasteiger partial charge in [0, 0.05) is 23.6 Å². The summed E-state index contributed by atoms with van der Waals surface area (Å²) in [6.45, 7) is 6.03. The van der Waals surface area contributed by atoms with Crippen LogP contribution in [0.15, 0.2) is 21.3 Å². The molecule has 0 aliphatic heterocycles. The Bertz CT molecular complexity index is 1370. The van der Waals surface area contributed by atoms with Gasteiger partial charge in [0.2, 0.25) is 11.2 Å². The fraction of sp³-hybridized carbons (Fsp3) is 0.320. The highest BCUT2D eigenvalue weighted by Gasteiger charge is 2.29. The summed E-state index contributed by atoms with van der Waals surface area (Å²) in [5.41, 5.74) is 1.10. The minimum absolute atomic E-state index is 0.000885. The number of fused-ring (bicyclic) bond motifs is 1. The molecule has 0 bridgehead atoms. The van der Waals surface area contributed by atoms with Crippen molar-refractivity contribution in [2.45, 2.75) is 27.7 Å². The van der Waals surface area contributed by atoms with Gasteiger partial charge >= 0.3 is 5.97 Å². The Morgan fingerprint density at radius 2 is 1.41 bits per heavy atom. The van der Waals surface area contributed by atoms with Gasteiger partial charge in [-0.3, -0.25) is 14.4 Å². The Kier molecular flexibility index (Phi) is 6.85. The quantitative estimate of drug-likeness (QED) is 0.284. The first kappa shape index (κ1) is 24.6. The zero-order valence-electron chi connectivity index (χ0n) is 20.3. The molecule has 3 rings (SSSR count). The molecule has 3 aromatic rings. The molecule has 0 aliphatic carbocycles. The summed E-state index contributed by atoms with van der Waals surface area (Å²) in [6.07, 6.45) is 0. The predicted octanol–water partition coefficient (Wildman–Crippen LogP) is 4.24. The lowest BCUT2D eigenvalue weighted by molar-refractivity contribution is -0.132. The Balaban J connectivity index is 2.56. The number of hydrogen-bond acceptors (Lipinski definition) is 9. The number of methoxy groups -OCH3 is 4. The first-order chi connectivity index (χ1) is 16.1. The SMILES string of the molecule is COc1ccc(-c2oc3c(C)c(OC)c(C)c(OC)c3c(=O)c2OC)c(C(C)=O)c1OC(C)=O. The zero-order chi connectivity index (χ0) is 25.3. The third-order valence-electron chi connectivity index (χ3n) is 5.46. The molecule has 0 saturated heterocycles. The number of Topliss-reactive ketones (excluding diaryl/α,β-unsaturated/α-hetero) is 1. The van der Waals surface area contributed by atoms with Crippen molar-refractivity contribution >= 4 is 22.7 Å². The zero-order valence-corrected chi connectivity index (χ0v) is 20.3. The first-order valence-electron chi connectivity index (χ1n) is 10.3. The highest BCUT2D eigenvalue weighted by molar-refractivity contribution is 6.05. The Labute approximate surface area is 196 Å². The molecular formula is C25H26O9. The number of aryl methyl sites for hydroxylation is 1. The number of carbonyl (C=O) groups excluding carboxylic acids is 2. The summed E-state index contributed by atoms with van der Waals surface area (Å²) in [7, 11) is 5.65. The van der Waals surface area contributed by atoms with E-state index in [9.17, 15) is 14.4 Å². The second-order valence-corrected chi connectivity index (χ2v) is 7.48. The van der Waals surface area contributed by atoms with E-state index in [0.717, 1.165) is 0 Å². The molecule has 0 aliphatic rings. The van der Waals surface area contributed by atoms with Gasteiger partial charge in [-0.25, -0.2) is 0 Å². The normalized spacial score (nSPS) is 10.7. The second kappa shape index (κ2) is 9.46. The van der Waals surface area contributed by atoms with Crippen LogP contribution in [0.2, 0.25) is 0 Å². The standard InChI is InChI=1S/C25H26O9/c1-11-20(30-6)12(2)22-18(21(11)31-7)19(28)25(32-8)23(34-22)15-9-10-16(29-5)24(33-14(4)27)17(15)13(3)26/h9-10H,1-8H3. The maximum atomic E-state index is 13.6. The third-order valence-corrected chi connectivity index (χ3v) is 5.46. The van der Waals surface area contributed by atoms with Gasteiger partial charge < -0.3 is 28.1 Å². The summed E-state index contributed by atoms with van der Waals surface area (Å²) in [4.78, 5) is 38.1. The van der Waals surface area contributed by atoms with E-state index in [1.54, 1.807) is 13.8 Å². The van der Waals surface area contributed by atoms with E-state index < -0.39 is 17.2 Å². The van der Waals surface area contributed by atoms with E-state index in [-0.39, 0.29) is 50.9 Å². The monoisotopic (exact) mass is 470 g/mol. The number of esters is 1. The van der Waals surface area contributed by atoms with Gasteiger partial charge in [-0.05, 0) is 32.9 Å². The van der Waals surface area contributed by atoms with Crippen LogP contribution in [0.3, 0.4) is 0 Å². The van der Waals surface area contributed by atoms with Crippen molar-refractivity contribution in [3.63, 3.8) is 0 Å². The summed E-state index contributed by atoms with van der Waals surface area (Å²) in [6, 6.07) is 3.04. The molecule has 0 saturated carbocycles. The van der Waals surface area contributed by atoms with Gasteiger partial charge in [0.15, 0.2) is 23.0 Å². The second-order valence-electron chi connectivity index (χ2n) is 7.48. The lowest BCUT2D eigenvalue weighted by atomic mass is 9.97.